The Morgan fingerprint density at radius 1 is 1.33 bits per heavy atom. The van der Waals surface area contributed by atoms with Crippen molar-refractivity contribution in [3.8, 4) is 5.75 Å². The van der Waals surface area contributed by atoms with Crippen molar-refractivity contribution in [1.82, 2.24) is 9.62 Å². The smallest absolute Gasteiger partial charge is 0.255 e. The molecule has 0 spiro atoms. The molecule has 1 aliphatic carbocycles. The molecule has 1 heterocycles. The van der Waals surface area contributed by atoms with Gasteiger partial charge in [0.2, 0.25) is 10.0 Å². The standard InChI is InChI=1S/C16H22N2O5S/c1-22-15-5-4-13(24(20,21)18-6-8-23-9-7-18)10-14(15)16(19)17-11-12-2-3-12/h4-5,10,12H,2-3,6-9,11H2,1H3,(H,17,19). The van der Waals surface area contributed by atoms with Crippen LogP contribution in [0.2, 0.25) is 0 Å². The minimum Gasteiger partial charge on any atom is -0.496 e. The maximum absolute atomic E-state index is 12.7. The number of nitrogens with one attached hydrogen (secondary N) is 1. The summed E-state index contributed by atoms with van der Waals surface area (Å²) in [4.78, 5) is 12.5. The summed E-state index contributed by atoms with van der Waals surface area (Å²) in [6.45, 7) is 2.01. The molecule has 1 saturated heterocycles. The molecule has 1 saturated carbocycles. The molecule has 1 amide bonds. The van der Waals surface area contributed by atoms with E-state index in [2.05, 4.69) is 5.32 Å². The third-order valence-corrected chi connectivity index (χ3v) is 6.17. The minimum absolute atomic E-state index is 0.0989. The first-order chi connectivity index (χ1) is 11.5. The van der Waals surface area contributed by atoms with Crippen LogP contribution in [-0.4, -0.2) is 58.6 Å². The molecule has 0 bridgehead atoms. The zero-order valence-corrected chi connectivity index (χ0v) is 14.5. The second-order valence-corrected chi connectivity index (χ2v) is 7.97. The third-order valence-electron chi connectivity index (χ3n) is 4.27. The van der Waals surface area contributed by atoms with E-state index in [9.17, 15) is 13.2 Å². The highest BCUT2D eigenvalue weighted by Gasteiger charge is 2.28. The summed E-state index contributed by atoms with van der Waals surface area (Å²) < 4.78 is 37.3. The van der Waals surface area contributed by atoms with Crippen LogP contribution < -0.4 is 10.1 Å². The second-order valence-electron chi connectivity index (χ2n) is 6.03. The van der Waals surface area contributed by atoms with Crippen LogP contribution in [0.5, 0.6) is 5.75 Å². The lowest BCUT2D eigenvalue weighted by Crippen LogP contribution is -2.40. The summed E-state index contributed by atoms with van der Waals surface area (Å²) >= 11 is 0. The van der Waals surface area contributed by atoms with Crippen molar-refractivity contribution >= 4 is 15.9 Å². The van der Waals surface area contributed by atoms with E-state index in [1.54, 1.807) is 0 Å². The Hall–Kier alpha value is -1.64. The van der Waals surface area contributed by atoms with Gasteiger partial charge in [-0.3, -0.25) is 4.79 Å². The molecule has 0 atom stereocenters. The quantitative estimate of drug-likeness (QED) is 0.819. The van der Waals surface area contributed by atoms with Crippen molar-refractivity contribution < 1.29 is 22.7 Å². The molecule has 8 heteroatoms. The van der Waals surface area contributed by atoms with Crippen LogP contribution in [0, 0.1) is 5.92 Å². The van der Waals surface area contributed by atoms with Crippen LogP contribution in [0.4, 0.5) is 0 Å². The van der Waals surface area contributed by atoms with E-state index in [1.807, 2.05) is 0 Å². The van der Waals surface area contributed by atoms with Crippen molar-refractivity contribution in [3.63, 3.8) is 0 Å². The van der Waals surface area contributed by atoms with E-state index < -0.39 is 10.0 Å². The van der Waals surface area contributed by atoms with E-state index in [1.165, 1.54) is 29.6 Å². The van der Waals surface area contributed by atoms with Crippen molar-refractivity contribution in [1.29, 1.82) is 0 Å². The van der Waals surface area contributed by atoms with E-state index in [-0.39, 0.29) is 16.4 Å². The fraction of sp³-hybridized carbons (Fsp3) is 0.562. The number of hydrogen-bond acceptors (Lipinski definition) is 5. The number of amides is 1. The van der Waals surface area contributed by atoms with Gasteiger partial charge in [-0.25, -0.2) is 8.42 Å². The lowest BCUT2D eigenvalue weighted by molar-refractivity contribution is 0.0730. The van der Waals surface area contributed by atoms with Gasteiger partial charge in [-0.1, -0.05) is 0 Å². The lowest BCUT2D eigenvalue weighted by Gasteiger charge is -2.26. The summed E-state index contributed by atoms with van der Waals surface area (Å²) in [5, 5.41) is 2.85. The highest BCUT2D eigenvalue weighted by molar-refractivity contribution is 7.89. The molecule has 2 fully saturated rings. The summed E-state index contributed by atoms with van der Waals surface area (Å²) in [6.07, 6.45) is 2.26. The fourth-order valence-electron chi connectivity index (χ4n) is 2.62. The summed E-state index contributed by atoms with van der Waals surface area (Å²) in [5.74, 6) is 0.599. The average Bonchev–Trinajstić information content (AvgIpc) is 3.44. The molecule has 0 aromatic heterocycles. The Morgan fingerprint density at radius 2 is 2.04 bits per heavy atom. The molecule has 1 aliphatic heterocycles. The van der Waals surface area contributed by atoms with Crippen molar-refractivity contribution in [2.45, 2.75) is 17.7 Å². The number of methoxy groups -OCH3 is 1. The largest absolute Gasteiger partial charge is 0.496 e. The molecule has 7 nitrogen and oxygen atoms in total. The summed E-state index contributed by atoms with van der Waals surface area (Å²) in [6, 6.07) is 4.40. The first-order valence-corrected chi connectivity index (χ1v) is 9.50. The Kier molecular flexibility index (Phi) is 5.07. The van der Waals surface area contributed by atoms with Gasteiger partial charge >= 0.3 is 0 Å². The number of nitrogens with zero attached hydrogens (tertiary/aromatic N) is 1. The number of sulfonamides is 1. The predicted molar refractivity (Wildman–Crippen MR) is 87.6 cm³/mol. The number of carbonyl (C=O) groups excluding carboxylic acids is 1. The van der Waals surface area contributed by atoms with Crippen molar-refractivity contribution in [3.05, 3.63) is 23.8 Å². The van der Waals surface area contributed by atoms with Gasteiger partial charge in [-0.2, -0.15) is 4.31 Å². The monoisotopic (exact) mass is 354 g/mol. The van der Waals surface area contributed by atoms with E-state index in [4.69, 9.17) is 9.47 Å². The first kappa shape index (κ1) is 17.2. The Morgan fingerprint density at radius 3 is 2.67 bits per heavy atom. The summed E-state index contributed by atoms with van der Waals surface area (Å²) in [7, 11) is -2.18. The van der Waals surface area contributed by atoms with Crippen LogP contribution in [-0.2, 0) is 14.8 Å². The van der Waals surface area contributed by atoms with Gasteiger partial charge in [0, 0.05) is 19.6 Å². The maximum Gasteiger partial charge on any atom is 0.255 e. The number of ether oxygens (including phenoxy) is 2. The highest BCUT2D eigenvalue weighted by Crippen LogP contribution is 2.28. The zero-order chi connectivity index (χ0) is 17.2. The zero-order valence-electron chi connectivity index (χ0n) is 13.7. The fourth-order valence-corrected chi connectivity index (χ4v) is 4.05. The predicted octanol–water partition coefficient (Wildman–Crippen LogP) is 0.856. The molecule has 3 rings (SSSR count). The van der Waals surface area contributed by atoms with E-state index in [0.29, 0.717) is 44.5 Å². The SMILES string of the molecule is COc1ccc(S(=O)(=O)N2CCOCC2)cc1C(=O)NCC1CC1. The number of hydrogen-bond donors (Lipinski definition) is 1. The molecule has 0 radical (unpaired) electrons. The molecule has 0 unspecified atom stereocenters. The Balaban J connectivity index is 1.85. The molecular weight excluding hydrogens is 332 g/mol. The number of morpholine rings is 1. The van der Waals surface area contributed by atoms with Gasteiger partial charge in [0.25, 0.3) is 5.91 Å². The molecule has 1 N–H and O–H groups in total. The maximum atomic E-state index is 12.7. The van der Waals surface area contributed by atoms with Crippen LogP contribution in [0.3, 0.4) is 0 Å². The normalized spacial score (nSPS) is 19.0. The van der Waals surface area contributed by atoms with Crippen LogP contribution in [0.25, 0.3) is 0 Å². The number of benzene rings is 1. The molecule has 132 valence electrons. The molecular formula is C16H22N2O5S. The van der Waals surface area contributed by atoms with Crippen LogP contribution >= 0.6 is 0 Å². The Bertz CT molecular complexity index is 709. The minimum atomic E-state index is -3.64. The topological polar surface area (TPSA) is 84.9 Å². The van der Waals surface area contributed by atoms with Gasteiger partial charge in [0.1, 0.15) is 5.75 Å². The van der Waals surface area contributed by atoms with E-state index >= 15 is 0 Å². The van der Waals surface area contributed by atoms with Crippen molar-refractivity contribution in [2.75, 3.05) is 40.0 Å². The first-order valence-electron chi connectivity index (χ1n) is 8.06. The van der Waals surface area contributed by atoms with Crippen molar-refractivity contribution in [2.24, 2.45) is 5.92 Å². The molecule has 2 aliphatic rings. The Labute approximate surface area is 142 Å². The number of carbonyl (C=O) groups is 1. The average molecular weight is 354 g/mol. The van der Waals surface area contributed by atoms with E-state index in [0.717, 1.165) is 12.8 Å². The molecule has 1 aromatic rings. The van der Waals surface area contributed by atoms with Gasteiger partial charge < -0.3 is 14.8 Å². The molecule has 24 heavy (non-hydrogen) atoms. The van der Waals surface area contributed by atoms with Gasteiger partial charge in [0.15, 0.2) is 0 Å². The van der Waals surface area contributed by atoms with Gasteiger partial charge in [-0.05, 0) is 37.0 Å². The summed E-state index contributed by atoms with van der Waals surface area (Å²) in [5.41, 5.74) is 0.243. The number of rotatable bonds is 6. The van der Waals surface area contributed by atoms with Gasteiger partial charge in [0.05, 0.1) is 30.8 Å². The van der Waals surface area contributed by atoms with Crippen LogP contribution in [0.15, 0.2) is 23.1 Å². The highest BCUT2D eigenvalue weighted by atomic mass is 32.2. The van der Waals surface area contributed by atoms with Crippen LogP contribution in [0.1, 0.15) is 23.2 Å². The third kappa shape index (κ3) is 3.71. The molecule has 1 aromatic carbocycles. The van der Waals surface area contributed by atoms with Gasteiger partial charge in [-0.15, -0.1) is 0 Å². The lowest BCUT2D eigenvalue weighted by atomic mass is 10.2. The second kappa shape index (κ2) is 7.08.